The third kappa shape index (κ3) is 6.92. The summed E-state index contributed by atoms with van der Waals surface area (Å²) in [6, 6.07) is 17.8. The maximum Gasteiger partial charge on any atom is 0.226 e. The molecule has 28 heavy (non-hydrogen) atoms. The highest BCUT2D eigenvalue weighted by Gasteiger charge is 2.21. The highest BCUT2D eigenvalue weighted by molar-refractivity contribution is 9.10. The summed E-state index contributed by atoms with van der Waals surface area (Å²) in [7, 11) is 0. The number of hydrogen-bond donors (Lipinski definition) is 2. The van der Waals surface area contributed by atoms with Gasteiger partial charge in [0.2, 0.25) is 5.91 Å². The summed E-state index contributed by atoms with van der Waals surface area (Å²) in [6.45, 7) is 5.77. The van der Waals surface area contributed by atoms with Crippen LogP contribution in [-0.4, -0.2) is 36.5 Å². The minimum absolute atomic E-state index is 0.0286. The molecule has 0 spiro atoms. The van der Waals surface area contributed by atoms with Crippen molar-refractivity contribution in [2.45, 2.75) is 43.7 Å². The standard InChI is InChI=1S/C22H28BrN3OS/c1-17(27)25-28-22-8-4-19(5-9-22)16-26(21-10-13-24-14-11-21)15-12-18-2-6-20(23)7-3-18/h2-9,21,24H,10-16H2,1H3,(H,25,27). The molecule has 0 aliphatic carbocycles. The first-order chi connectivity index (χ1) is 13.6. The molecule has 1 saturated heterocycles. The van der Waals surface area contributed by atoms with Crippen molar-refractivity contribution in [1.29, 1.82) is 0 Å². The molecule has 1 aliphatic rings. The summed E-state index contributed by atoms with van der Waals surface area (Å²) >= 11 is 4.88. The molecule has 0 bridgehead atoms. The van der Waals surface area contributed by atoms with E-state index < -0.39 is 0 Å². The van der Waals surface area contributed by atoms with E-state index in [2.05, 4.69) is 79.4 Å². The summed E-state index contributed by atoms with van der Waals surface area (Å²) in [5.74, 6) is -0.0286. The molecule has 1 amide bonds. The highest BCUT2D eigenvalue weighted by Crippen LogP contribution is 2.20. The monoisotopic (exact) mass is 461 g/mol. The Morgan fingerprint density at radius 1 is 1.11 bits per heavy atom. The van der Waals surface area contributed by atoms with E-state index in [1.165, 1.54) is 42.8 Å². The molecule has 1 aliphatic heterocycles. The van der Waals surface area contributed by atoms with Gasteiger partial charge in [-0.25, -0.2) is 0 Å². The van der Waals surface area contributed by atoms with Gasteiger partial charge in [-0.05, 0) is 79.7 Å². The Labute approximate surface area is 180 Å². The number of halogens is 1. The highest BCUT2D eigenvalue weighted by atomic mass is 79.9. The molecular formula is C22H28BrN3OS. The van der Waals surface area contributed by atoms with Crippen molar-refractivity contribution in [3.05, 3.63) is 64.1 Å². The van der Waals surface area contributed by atoms with E-state index in [1.807, 2.05) is 0 Å². The normalized spacial score (nSPS) is 15.0. The van der Waals surface area contributed by atoms with Gasteiger partial charge in [0.05, 0.1) is 0 Å². The molecule has 0 aromatic heterocycles. The van der Waals surface area contributed by atoms with Gasteiger partial charge in [0, 0.05) is 35.4 Å². The Balaban J connectivity index is 1.62. The molecule has 4 nitrogen and oxygen atoms in total. The second-order valence-electron chi connectivity index (χ2n) is 7.23. The molecular weight excluding hydrogens is 434 g/mol. The molecule has 0 unspecified atom stereocenters. The lowest BCUT2D eigenvalue weighted by atomic mass is 10.0. The van der Waals surface area contributed by atoms with Gasteiger partial charge in [-0.15, -0.1) is 0 Å². The first-order valence-corrected chi connectivity index (χ1v) is 11.4. The number of amides is 1. The zero-order valence-electron chi connectivity index (χ0n) is 16.3. The van der Waals surface area contributed by atoms with E-state index in [-0.39, 0.29) is 5.91 Å². The molecule has 0 atom stereocenters. The lowest BCUT2D eigenvalue weighted by molar-refractivity contribution is -0.117. The summed E-state index contributed by atoms with van der Waals surface area (Å²) in [6.07, 6.45) is 3.47. The van der Waals surface area contributed by atoms with E-state index >= 15 is 0 Å². The summed E-state index contributed by atoms with van der Waals surface area (Å²) in [5.41, 5.74) is 2.70. The Bertz CT molecular complexity index is 745. The van der Waals surface area contributed by atoms with Gasteiger partial charge < -0.3 is 5.32 Å². The van der Waals surface area contributed by atoms with Crippen LogP contribution in [0.2, 0.25) is 0 Å². The Morgan fingerprint density at radius 3 is 2.39 bits per heavy atom. The van der Waals surface area contributed by atoms with Crippen LogP contribution in [0.25, 0.3) is 0 Å². The molecule has 1 heterocycles. The van der Waals surface area contributed by atoms with Gasteiger partial charge >= 0.3 is 0 Å². The van der Waals surface area contributed by atoms with Crippen LogP contribution in [0.15, 0.2) is 57.9 Å². The van der Waals surface area contributed by atoms with Gasteiger partial charge in [0.15, 0.2) is 0 Å². The molecule has 1 fully saturated rings. The zero-order chi connectivity index (χ0) is 19.8. The van der Waals surface area contributed by atoms with Gasteiger partial charge in [-0.1, -0.05) is 40.2 Å². The third-order valence-electron chi connectivity index (χ3n) is 5.05. The molecule has 6 heteroatoms. The minimum atomic E-state index is -0.0286. The van der Waals surface area contributed by atoms with Crippen LogP contribution in [-0.2, 0) is 17.8 Å². The van der Waals surface area contributed by atoms with Crippen LogP contribution >= 0.6 is 27.9 Å². The van der Waals surface area contributed by atoms with Gasteiger partial charge in [0.25, 0.3) is 0 Å². The molecule has 2 N–H and O–H groups in total. The van der Waals surface area contributed by atoms with Gasteiger partial charge in [-0.2, -0.15) is 0 Å². The average Bonchev–Trinajstić information content (AvgIpc) is 2.72. The predicted octanol–water partition coefficient (Wildman–Crippen LogP) is 4.39. The molecule has 0 radical (unpaired) electrons. The van der Waals surface area contributed by atoms with Crippen molar-refractivity contribution < 1.29 is 4.79 Å². The largest absolute Gasteiger partial charge is 0.317 e. The van der Waals surface area contributed by atoms with Crippen LogP contribution in [0.1, 0.15) is 30.9 Å². The Hall–Kier alpha value is -1.34. The number of benzene rings is 2. The molecule has 150 valence electrons. The predicted molar refractivity (Wildman–Crippen MR) is 120 cm³/mol. The first kappa shape index (κ1) is 21.4. The fourth-order valence-corrected chi connectivity index (χ4v) is 4.31. The van der Waals surface area contributed by atoms with Crippen LogP contribution < -0.4 is 10.0 Å². The quantitative estimate of drug-likeness (QED) is 0.572. The number of carbonyl (C=O) groups is 1. The lowest BCUT2D eigenvalue weighted by Gasteiger charge is -2.35. The number of hydrogen-bond acceptors (Lipinski definition) is 4. The molecule has 0 saturated carbocycles. The summed E-state index contributed by atoms with van der Waals surface area (Å²) in [5, 5.41) is 3.47. The van der Waals surface area contributed by atoms with E-state index in [4.69, 9.17) is 0 Å². The number of nitrogens with one attached hydrogen (secondary N) is 2. The van der Waals surface area contributed by atoms with Crippen molar-refractivity contribution in [3.8, 4) is 0 Å². The number of piperidine rings is 1. The molecule has 2 aromatic carbocycles. The fraction of sp³-hybridized carbons (Fsp3) is 0.409. The summed E-state index contributed by atoms with van der Waals surface area (Å²) in [4.78, 5) is 14.8. The maximum atomic E-state index is 11.1. The fourth-order valence-electron chi connectivity index (χ4n) is 3.51. The lowest BCUT2D eigenvalue weighted by Crippen LogP contribution is -2.43. The number of rotatable bonds is 8. The van der Waals surface area contributed by atoms with E-state index in [1.54, 1.807) is 0 Å². The SMILES string of the molecule is CC(=O)NSc1ccc(CN(CCc2ccc(Br)cc2)C2CCNCC2)cc1. The smallest absolute Gasteiger partial charge is 0.226 e. The number of carbonyl (C=O) groups excluding carboxylic acids is 1. The first-order valence-electron chi connectivity index (χ1n) is 9.82. The molecule has 2 aromatic rings. The van der Waals surface area contributed by atoms with Crippen molar-refractivity contribution >= 4 is 33.8 Å². The summed E-state index contributed by atoms with van der Waals surface area (Å²) < 4.78 is 3.90. The average molecular weight is 462 g/mol. The second-order valence-corrected chi connectivity index (χ2v) is 9.03. The van der Waals surface area contributed by atoms with E-state index in [0.29, 0.717) is 6.04 Å². The zero-order valence-corrected chi connectivity index (χ0v) is 18.7. The van der Waals surface area contributed by atoms with Crippen molar-refractivity contribution in [3.63, 3.8) is 0 Å². The number of nitrogens with zero attached hydrogens (tertiary/aromatic N) is 1. The van der Waals surface area contributed by atoms with Crippen molar-refractivity contribution in [1.82, 2.24) is 14.9 Å². The maximum absolute atomic E-state index is 11.1. The van der Waals surface area contributed by atoms with Crippen LogP contribution in [0.3, 0.4) is 0 Å². The van der Waals surface area contributed by atoms with Gasteiger partial charge in [0.1, 0.15) is 0 Å². The van der Waals surface area contributed by atoms with Crippen LogP contribution in [0.5, 0.6) is 0 Å². The third-order valence-corrected chi connectivity index (χ3v) is 6.47. The van der Waals surface area contributed by atoms with Crippen LogP contribution in [0.4, 0.5) is 0 Å². The van der Waals surface area contributed by atoms with Gasteiger partial charge in [-0.3, -0.25) is 14.4 Å². The molecule has 3 rings (SSSR count). The second kappa shape index (κ2) is 11.0. The Kier molecular flexibility index (Phi) is 8.40. The topological polar surface area (TPSA) is 44.4 Å². The van der Waals surface area contributed by atoms with E-state index in [0.717, 1.165) is 42.0 Å². The van der Waals surface area contributed by atoms with Crippen molar-refractivity contribution in [2.24, 2.45) is 0 Å². The van der Waals surface area contributed by atoms with Crippen molar-refractivity contribution in [2.75, 3.05) is 19.6 Å². The van der Waals surface area contributed by atoms with E-state index in [9.17, 15) is 4.79 Å². The Morgan fingerprint density at radius 2 is 1.75 bits per heavy atom. The van der Waals surface area contributed by atoms with Crippen LogP contribution in [0, 0.1) is 0 Å². The minimum Gasteiger partial charge on any atom is -0.317 e.